The van der Waals surface area contributed by atoms with Crippen LogP contribution >= 0.6 is 0 Å². The molecule has 1 aliphatic heterocycles. The summed E-state index contributed by atoms with van der Waals surface area (Å²) in [5.41, 5.74) is 9.53. The van der Waals surface area contributed by atoms with Gasteiger partial charge in [-0.15, -0.1) is 0 Å². The van der Waals surface area contributed by atoms with Crippen LogP contribution in [0, 0.1) is 0 Å². The van der Waals surface area contributed by atoms with Gasteiger partial charge in [-0.05, 0) is 31.2 Å². The van der Waals surface area contributed by atoms with Gasteiger partial charge in [0, 0.05) is 44.1 Å². The Kier molecular flexibility index (Phi) is 5.28. The summed E-state index contributed by atoms with van der Waals surface area (Å²) in [5.74, 6) is 1.59. The largest absolute Gasteiger partial charge is 0.393 e. The van der Waals surface area contributed by atoms with Crippen molar-refractivity contribution in [3.63, 3.8) is 0 Å². The molecule has 1 fully saturated rings. The van der Waals surface area contributed by atoms with Gasteiger partial charge in [0.25, 0.3) is 0 Å². The Bertz CT molecular complexity index is 891. The highest BCUT2D eigenvalue weighted by atomic mass is 15.3. The fraction of sp³-hybridized carbons (Fsp3) is 0.273. The lowest BCUT2D eigenvalue weighted by atomic mass is 10.2. The van der Waals surface area contributed by atoms with E-state index in [1.807, 2.05) is 18.2 Å². The number of piperazine rings is 1. The van der Waals surface area contributed by atoms with E-state index in [4.69, 9.17) is 5.73 Å². The van der Waals surface area contributed by atoms with Crippen molar-refractivity contribution in [2.75, 3.05) is 53.2 Å². The second-order valence-electron chi connectivity index (χ2n) is 6.82. The van der Waals surface area contributed by atoms with E-state index in [-0.39, 0.29) is 0 Å². The fourth-order valence-corrected chi connectivity index (χ4v) is 3.72. The first-order chi connectivity index (χ1) is 13.8. The van der Waals surface area contributed by atoms with Crippen LogP contribution in [0.4, 0.5) is 28.7 Å². The standard InChI is InChI=1S/C22H26N6/c1-2-28(19-11-7-4-8-12-19)22-20(23)21(24-17-25-22)27-15-13-26(14-16-27)18-9-5-3-6-10-18/h3-12,17H,2,13-16,23H2,1H3. The van der Waals surface area contributed by atoms with Crippen LogP contribution in [0.2, 0.25) is 0 Å². The second-order valence-corrected chi connectivity index (χ2v) is 6.82. The van der Waals surface area contributed by atoms with Gasteiger partial charge >= 0.3 is 0 Å². The van der Waals surface area contributed by atoms with E-state index in [1.165, 1.54) is 5.69 Å². The number of hydrogen-bond acceptors (Lipinski definition) is 6. The van der Waals surface area contributed by atoms with Crippen molar-refractivity contribution in [3.8, 4) is 0 Å². The highest BCUT2D eigenvalue weighted by molar-refractivity contribution is 5.79. The molecule has 2 heterocycles. The normalized spacial score (nSPS) is 14.2. The Morgan fingerprint density at radius 3 is 2.11 bits per heavy atom. The first kappa shape index (κ1) is 18.1. The fourth-order valence-electron chi connectivity index (χ4n) is 3.72. The molecule has 0 bridgehead atoms. The van der Waals surface area contributed by atoms with Gasteiger partial charge in [-0.2, -0.15) is 0 Å². The van der Waals surface area contributed by atoms with Crippen LogP contribution in [0.15, 0.2) is 67.0 Å². The Balaban J connectivity index is 1.54. The molecule has 3 aromatic rings. The molecular formula is C22H26N6. The van der Waals surface area contributed by atoms with Crippen molar-refractivity contribution >= 4 is 28.7 Å². The van der Waals surface area contributed by atoms with Crippen molar-refractivity contribution < 1.29 is 0 Å². The van der Waals surface area contributed by atoms with Gasteiger partial charge < -0.3 is 20.4 Å². The summed E-state index contributed by atoms with van der Waals surface area (Å²) in [6.45, 7) is 6.54. The van der Waals surface area contributed by atoms with E-state index >= 15 is 0 Å². The molecule has 28 heavy (non-hydrogen) atoms. The minimum Gasteiger partial charge on any atom is -0.393 e. The van der Waals surface area contributed by atoms with Crippen LogP contribution in [-0.4, -0.2) is 42.7 Å². The van der Waals surface area contributed by atoms with Crippen molar-refractivity contribution in [3.05, 3.63) is 67.0 Å². The number of benzene rings is 2. The third-order valence-corrected chi connectivity index (χ3v) is 5.18. The molecule has 6 nitrogen and oxygen atoms in total. The van der Waals surface area contributed by atoms with E-state index in [2.05, 4.69) is 74.1 Å². The average Bonchev–Trinajstić information content (AvgIpc) is 2.77. The number of rotatable bonds is 5. The number of hydrogen-bond donors (Lipinski definition) is 1. The Morgan fingerprint density at radius 1 is 0.857 bits per heavy atom. The molecule has 0 aliphatic carbocycles. The molecule has 4 rings (SSSR count). The number of nitrogens with zero attached hydrogens (tertiary/aromatic N) is 5. The maximum Gasteiger partial charge on any atom is 0.161 e. The van der Waals surface area contributed by atoms with Gasteiger partial charge in [-0.1, -0.05) is 36.4 Å². The molecule has 0 atom stereocenters. The quantitative estimate of drug-likeness (QED) is 0.737. The first-order valence-electron chi connectivity index (χ1n) is 9.76. The molecule has 6 heteroatoms. The maximum absolute atomic E-state index is 6.55. The molecule has 0 spiro atoms. The zero-order chi connectivity index (χ0) is 19.3. The minimum absolute atomic E-state index is 0.640. The molecule has 1 aromatic heterocycles. The van der Waals surface area contributed by atoms with Crippen molar-refractivity contribution in [2.45, 2.75) is 6.92 Å². The average molecular weight is 374 g/mol. The van der Waals surface area contributed by atoms with E-state index in [0.29, 0.717) is 5.69 Å². The summed E-state index contributed by atoms with van der Waals surface area (Å²) < 4.78 is 0. The first-order valence-corrected chi connectivity index (χ1v) is 9.76. The zero-order valence-corrected chi connectivity index (χ0v) is 16.2. The van der Waals surface area contributed by atoms with Gasteiger partial charge in [0.15, 0.2) is 11.6 Å². The highest BCUT2D eigenvalue weighted by Gasteiger charge is 2.23. The SMILES string of the molecule is CCN(c1ccccc1)c1ncnc(N2CCN(c3ccccc3)CC2)c1N. The van der Waals surface area contributed by atoms with E-state index in [9.17, 15) is 0 Å². The predicted molar refractivity (Wildman–Crippen MR) is 116 cm³/mol. The van der Waals surface area contributed by atoms with Gasteiger partial charge in [-0.3, -0.25) is 0 Å². The Hall–Kier alpha value is -3.28. The maximum atomic E-state index is 6.55. The van der Waals surface area contributed by atoms with E-state index < -0.39 is 0 Å². The summed E-state index contributed by atoms with van der Waals surface area (Å²) in [5, 5.41) is 0. The highest BCUT2D eigenvalue weighted by Crippen LogP contribution is 2.33. The predicted octanol–water partition coefficient (Wildman–Crippen LogP) is 3.54. The summed E-state index contributed by atoms with van der Waals surface area (Å²) in [7, 11) is 0. The third-order valence-electron chi connectivity index (χ3n) is 5.18. The minimum atomic E-state index is 0.640. The number of para-hydroxylation sites is 2. The lowest BCUT2D eigenvalue weighted by molar-refractivity contribution is 0.647. The molecule has 2 aromatic carbocycles. The van der Waals surface area contributed by atoms with Crippen molar-refractivity contribution in [1.82, 2.24) is 9.97 Å². The van der Waals surface area contributed by atoms with Crippen molar-refractivity contribution in [2.24, 2.45) is 0 Å². The topological polar surface area (TPSA) is 61.5 Å². The summed E-state index contributed by atoms with van der Waals surface area (Å²) >= 11 is 0. The lowest BCUT2D eigenvalue weighted by Gasteiger charge is -2.37. The number of anilines is 5. The van der Waals surface area contributed by atoms with Crippen LogP contribution in [0.3, 0.4) is 0 Å². The van der Waals surface area contributed by atoms with Gasteiger partial charge in [0.1, 0.15) is 12.0 Å². The number of nitrogens with two attached hydrogens (primary N) is 1. The van der Waals surface area contributed by atoms with Gasteiger partial charge in [0.2, 0.25) is 0 Å². The zero-order valence-electron chi connectivity index (χ0n) is 16.2. The lowest BCUT2D eigenvalue weighted by Crippen LogP contribution is -2.47. The van der Waals surface area contributed by atoms with E-state index in [1.54, 1.807) is 6.33 Å². The molecule has 144 valence electrons. The summed E-state index contributed by atoms with van der Waals surface area (Å²) in [6, 6.07) is 20.7. The molecule has 0 unspecified atom stereocenters. The third kappa shape index (κ3) is 3.58. The molecule has 1 saturated heterocycles. The van der Waals surface area contributed by atoms with Crippen molar-refractivity contribution in [1.29, 1.82) is 0 Å². The second kappa shape index (κ2) is 8.17. The number of aromatic nitrogens is 2. The van der Waals surface area contributed by atoms with Crippen LogP contribution in [0.25, 0.3) is 0 Å². The molecule has 0 radical (unpaired) electrons. The molecule has 0 saturated carbocycles. The number of nitrogen functional groups attached to an aromatic ring is 1. The van der Waals surface area contributed by atoms with E-state index in [0.717, 1.165) is 50.0 Å². The molecule has 2 N–H and O–H groups in total. The Labute approximate surface area is 166 Å². The Morgan fingerprint density at radius 2 is 1.46 bits per heavy atom. The summed E-state index contributed by atoms with van der Waals surface area (Å²) in [6.07, 6.45) is 1.62. The van der Waals surface area contributed by atoms with Gasteiger partial charge in [-0.25, -0.2) is 9.97 Å². The smallest absolute Gasteiger partial charge is 0.161 e. The van der Waals surface area contributed by atoms with Crippen LogP contribution in [0.1, 0.15) is 6.92 Å². The van der Waals surface area contributed by atoms with Crippen LogP contribution < -0.4 is 20.4 Å². The van der Waals surface area contributed by atoms with Crippen LogP contribution in [-0.2, 0) is 0 Å². The molecule has 0 amide bonds. The molecular weight excluding hydrogens is 348 g/mol. The monoisotopic (exact) mass is 374 g/mol. The summed E-state index contributed by atoms with van der Waals surface area (Å²) in [4.78, 5) is 15.8. The van der Waals surface area contributed by atoms with Crippen LogP contribution in [0.5, 0.6) is 0 Å². The molecule has 1 aliphatic rings. The van der Waals surface area contributed by atoms with Gasteiger partial charge in [0.05, 0.1) is 0 Å².